The second kappa shape index (κ2) is 4.49. The normalized spacial score (nSPS) is 38.7. The molecule has 0 spiro atoms. The molecule has 20 heavy (non-hydrogen) atoms. The van der Waals surface area contributed by atoms with Crippen LogP contribution in [0.15, 0.2) is 34.4 Å². The first-order chi connectivity index (χ1) is 9.47. The van der Waals surface area contributed by atoms with E-state index < -0.39 is 5.41 Å². The second-order valence-electron chi connectivity index (χ2n) is 6.47. The molecular weight excluding hydrogens is 270 g/mol. The zero-order chi connectivity index (χ0) is 14.5. The predicted octanol–water partition coefficient (Wildman–Crippen LogP) is 4.08. The summed E-state index contributed by atoms with van der Waals surface area (Å²) in [4.78, 5) is 12.7. The highest BCUT2D eigenvalue weighted by atomic mass is 35.5. The number of hydrogen-bond acceptors (Lipinski definition) is 1. The number of nitrogens with one attached hydrogen (secondary N) is 1. The Labute approximate surface area is 126 Å². The minimum absolute atomic E-state index is 0.149. The number of hydrogen-bond donors (Lipinski definition) is 1. The summed E-state index contributed by atoms with van der Waals surface area (Å²) in [5, 5.41) is 4.02. The Bertz CT molecular complexity index is 553. The summed E-state index contributed by atoms with van der Waals surface area (Å²) >= 11 is 6.32. The summed E-state index contributed by atoms with van der Waals surface area (Å²) in [5.74, 6) is 0.734. The molecule has 1 amide bonds. The molecule has 2 unspecified atom stereocenters. The molecule has 1 heterocycles. The zero-order valence-corrected chi connectivity index (χ0v) is 13.2. The van der Waals surface area contributed by atoms with E-state index in [0.717, 1.165) is 30.7 Å². The van der Waals surface area contributed by atoms with E-state index in [-0.39, 0.29) is 11.4 Å². The van der Waals surface area contributed by atoms with Gasteiger partial charge >= 0.3 is 0 Å². The van der Waals surface area contributed by atoms with E-state index in [1.807, 2.05) is 12.2 Å². The van der Waals surface area contributed by atoms with Crippen molar-refractivity contribution < 1.29 is 4.79 Å². The van der Waals surface area contributed by atoms with Crippen molar-refractivity contribution in [1.29, 1.82) is 0 Å². The number of carbonyl (C=O) groups excluding carboxylic acids is 1. The van der Waals surface area contributed by atoms with Gasteiger partial charge < -0.3 is 5.32 Å². The van der Waals surface area contributed by atoms with Crippen LogP contribution in [0, 0.1) is 11.3 Å². The van der Waals surface area contributed by atoms with E-state index >= 15 is 0 Å². The van der Waals surface area contributed by atoms with Gasteiger partial charge in [0.25, 0.3) is 0 Å². The highest BCUT2D eigenvalue weighted by Crippen LogP contribution is 2.56. The van der Waals surface area contributed by atoms with Crippen LogP contribution in [0.3, 0.4) is 0 Å². The Morgan fingerprint density at radius 1 is 1.40 bits per heavy atom. The molecule has 0 aromatic rings. The summed E-state index contributed by atoms with van der Waals surface area (Å²) in [6.45, 7) is 6.35. The van der Waals surface area contributed by atoms with Crippen LogP contribution in [0.4, 0.5) is 0 Å². The van der Waals surface area contributed by atoms with Crippen LogP contribution in [0.5, 0.6) is 0 Å². The van der Waals surface area contributed by atoms with Crippen LogP contribution in [0.25, 0.3) is 0 Å². The van der Waals surface area contributed by atoms with Gasteiger partial charge in [-0.1, -0.05) is 31.5 Å². The fourth-order valence-electron chi connectivity index (χ4n) is 4.31. The van der Waals surface area contributed by atoms with Gasteiger partial charge in [0.1, 0.15) is 0 Å². The Balaban J connectivity index is 2.25. The highest BCUT2D eigenvalue weighted by Gasteiger charge is 2.56. The zero-order valence-electron chi connectivity index (χ0n) is 12.4. The molecular formula is C17H22ClNO. The van der Waals surface area contributed by atoms with Crippen LogP contribution >= 0.6 is 11.6 Å². The molecule has 1 fully saturated rings. The molecule has 3 heteroatoms. The first-order valence-electron chi connectivity index (χ1n) is 7.58. The summed E-state index contributed by atoms with van der Waals surface area (Å²) < 4.78 is 0. The third kappa shape index (κ3) is 1.67. The number of halogens is 1. The number of carbonyl (C=O) groups is 1. The third-order valence-electron chi connectivity index (χ3n) is 5.47. The largest absolute Gasteiger partial charge is 0.346 e. The summed E-state index contributed by atoms with van der Waals surface area (Å²) in [6.07, 6.45) is 9.88. The highest BCUT2D eigenvalue weighted by molar-refractivity contribution is 6.31. The lowest BCUT2D eigenvalue weighted by Gasteiger charge is -2.57. The monoisotopic (exact) mass is 291 g/mol. The molecule has 1 saturated carbocycles. The Morgan fingerprint density at radius 2 is 2.10 bits per heavy atom. The minimum atomic E-state index is -0.404. The van der Waals surface area contributed by atoms with Gasteiger partial charge in [-0.3, -0.25) is 4.79 Å². The molecule has 0 radical (unpaired) electrons. The van der Waals surface area contributed by atoms with Crippen molar-refractivity contribution in [2.45, 2.75) is 52.0 Å². The maximum absolute atomic E-state index is 12.7. The quantitative estimate of drug-likeness (QED) is 0.816. The molecule has 2 atom stereocenters. The van der Waals surface area contributed by atoms with Gasteiger partial charge in [-0.25, -0.2) is 0 Å². The average Bonchev–Trinajstić information content (AvgIpc) is 2.36. The maximum atomic E-state index is 12.7. The third-order valence-corrected chi connectivity index (χ3v) is 5.71. The van der Waals surface area contributed by atoms with E-state index in [1.165, 1.54) is 11.1 Å². The van der Waals surface area contributed by atoms with Crippen LogP contribution in [-0.4, -0.2) is 11.4 Å². The fourth-order valence-corrected chi connectivity index (χ4v) is 4.51. The van der Waals surface area contributed by atoms with Crippen LogP contribution in [-0.2, 0) is 4.79 Å². The van der Waals surface area contributed by atoms with Gasteiger partial charge in [-0.05, 0) is 61.8 Å². The first-order valence-corrected chi connectivity index (χ1v) is 7.96. The van der Waals surface area contributed by atoms with Gasteiger partial charge in [0.15, 0.2) is 0 Å². The lowest BCUT2D eigenvalue weighted by atomic mass is 9.54. The molecule has 0 aromatic heterocycles. The van der Waals surface area contributed by atoms with E-state index in [2.05, 4.69) is 32.2 Å². The summed E-state index contributed by atoms with van der Waals surface area (Å²) in [5.41, 5.74) is 2.06. The molecule has 0 saturated heterocycles. The molecule has 0 bridgehead atoms. The number of allylic oxidation sites excluding steroid dienone is 4. The van der Waals surface area contributed by atoms with E-state index in [9.17, 15) is 4.79 Å². The maximum Gasteiger partial charge on any atom is 0.231 e. The molecule has 108 valence electrons. The Hall–Kier alpha value is -1.02. The van der Waals surface area contributed by atoms with Crippen LogP contribution in [0.2, 0.25) is 0 Å². The van der Waals surface area contributed by atoms with Gasteiger partial charge in [-0.15, -0.1) is 0 Å². The van der Waals surface area contributed by atoms with Gasteiger partial charge in [0, 0.05) is 5.03 Å². The average molecular weight is 292 g/mol. The van der Waals surface area contributed by atoms with E-state index in [0.29, 0.717) is 5.92 Å². The molecule has 1 aliphatic heterocycles. The lowest BCUT2D eigenvalue weighted by Crippen LogP contribution is -2.65. The Morgan fingerprint density at radius 3 is 2.75 bits per heavy atom. The molecule has 0 aromatic carbocycles. The van der Waals surface area contributed by atoms with Crippen molar-refractivity contribution in [1.82, 2.24) is 5.32 Å². The van der Waals surface area contributed by atoms with Crippen molar-refractivity contribution in [3.8, 4) is 0 Å². The molecule has 2 nitrogen and oxygen atoms in total. The van der Waals surface area contributed by atoms with Crippen molar-refractivity contribution in [3.63, 3.8) is 0 Å². The second-order valence-corrected chi connectivity index (χ2v) is 6.91. The van der Waals surface area contributed by atoms with Crippen molar-refractivity contribution in [2.24, 2.45) is 11.3 Å². The Kier molecular flexibility index (Phi) is 3.13. The topological polar surface area (TPSA) is 29.1 Å². The van der Waals surface area contributed by atoms with Crippen molar-refractivity contribution >= 4 is 17.5 Å². The number of amides is 1. The fraction of sp³-hybridized carbons (Fsp3) is 0.588. The van der Waals surface area contributed by atoms with E-state index in [1.54, 1.807) is 0 Å². The predicted molar refractivity (Wildman–Crippen MR) is 82.4 cm³/mol. The van der Waals surface area contributed by atoms with Gasteiger partial charge in [0.05, 0.1) is 11.0 Å². The van der Waals surface area contributed by atoms with Crippen molar-refractivity contribution in [2.75, 3.05) is 0 Å². The van der Waals surface area contributed by atoms with Gasteiger partial charge in [-0.2, -0.15) is 0 Å². The van der Waals surface area contributed by atoms with Gasteiger partial charge in [0.2, 0.25) is 5.91 Å². The summed E-state index contributed by atoms with van der Waals surface area (Å²) in [6, 6.07) is 0. The molecule has 3 aliphatic rings. The SMILES string of the molecule is CCC1(CC)C(=O)NC2(C)CC3C/C=C/C(Cl)=C\C1=C32. The standard InChI is InChI=1S/C17H22ClNO/c1-4-17(5-2)13-9-12(18)8-6-7-11-10-16(3,14(11)13)19-15(17)20/h6,8-9,11H,4-5,7,10H2,1-3H3,(H,19,20)/b8-6+,12-9+. The van der Waals surface area contributed by atoms with Crippen LogP contribution < -0.4 is 5.32 Å². The van der Waals surface area contributed by atoms with Crippen LogP contribution in [0.1, 0.15) is 46.5 Å². The van der Waals surface area contributed by atoms with Crippen molar-refractivity contribution in [3.05, 3.63) is 34.4 Å². The smallest absolute Gasteiger partial charge is 0.231 e. The summed E-state index contributed by atoms with van der Waals surface area (Å²) in [7, 11) is 0. The first kappa shape index (κ1) is 13.9. The minimum Gasteiger partial charge on any atom is -0.346 e. The molecule has 3 rings (SSSR count). The number of rotatable bonds is 2. The van der Waals surface area contributed by atoms with E-state index in [4.69, 9.17) is 11.6 Å². The lowest BCUT2D eigenvalue weighted by molar-refractivity contribution is -0.133. The molecule has 1 N–H and O–H groups in total. The molecule has 2 aliphatic carbocycles.